The van der Waals surface area contributed by atoms with Crippen LogP contribution in [0, 0.1) is 12.8 Å². The van der Waals surface area contributed by atoms with Crippen molar-refractivity contribution >= 4 is 15.7 Å². The molecule has 2 aliphatic rings. The Labute approximate surface area is 225 Å². The largest absolute Gasteiger partial charge is 0.497 e. The fraction of sp³-hybridized carbons (Fsp3) is 0.250. The first kappa shape index (κ1) is 24.7. The van der Waals surface area contributed by atoms with Crippen LogP contribution in [-0.4, -0.2) is 38.5 Å². The van der Waals surface area contributed by atoms with Crippen LogP contribution in [0.4, 0.5) is 5.69 Å². The van der Waals surface area contributed by atoms with E-state index < -0.39 is 10.0 Å². The Morgan fingerprint density at radius 3 is 2.26 bits per heavy atom. The lowest BCUT2D eigenvalue weighted by atomic mass is 9.73. The number of methoxy groups -OCH3 is 1. The number of aryl methyl sites for hydroxylation is 1. The smallest absolute Gasteiger partial charge is 0.243 e. The van der Waals surface area contributed by atoms with Gasteiger partial charge >= 0.3 is 0 Å². The number of nitrogens with zero attached hydrogens (tertiary/aromatic N) is 1. The maximum absolute atomic E-state index is 14.2. The molecule has 4 aromatic carbocycles. The van der Waals surface area contributed by atoms with E-state index in [1.165, 1.54) is 5.56 Å². The van der Waals surface area contributed by atoms with Crippen molar-refractivity contribution in [3.8, 4) is 5.75 Å². The molecule has 5 nitrogen and oxygen atoms in total. The summed E-state index contributed by atoms with van der Waals surface area (Å²) < 4.78 is 35.7. The van der Waals surface area contributed by atoms with Crippen LogP contribution in [0.25, 0.3) is 0 Å². The molecule has 0 spiro atoms. The van der Waals surface area contributed by atoms with Crippen LogP contribution in [0.5, 0.6) is 5.75 Å². The molecule has 2 heterocycles. The van der Waals surface area contributed by atoms with Crippen LogP contribution >= 0.6 is 0 Å². The highest BCUT2D eigenvalue weighted by Gasteiger charge is 2.52. The van der Waals surface area contributed by atoms with Gasteiger partial charge in [-0.3, -0.25) is 0 Å². The third kappa shape index (κ3) is 4.38. The molecule has 0 aromatic heterocycles. The molecule has 4 aromatic rings. The maximum atomic E-state index is 14.2. The summed E-state index contributed by atoms with van der Waals surface area (Å²) in [7, 11) is -2.04. The standard InChI is InChI=1S/C32H32N2O3S/c1-22-13-16-26(17-14-22)38(35,36)34-21-28-31(24-11-7-4-8-12-24)27-20-25(37-2)15-18-29(27)33-32(28)30(34)19-23-9-5-3-6-10-23/h3-18,20,28,30-33H,19,21H2,1-2H3. The SMILES string of the molecule is COc1ccc2c(c1)C(c1ccccc1)C1CN(S(=O)(=O)c3ccc(C)cc3)C(Cc3ccccc3)C1N2. The summed E-state index contributed by atoms with van der Waals surface area (Å²) in [5, 5.41) is 3.78. The molecule has 194 valence electrons. The van der Waals surface area contributed by atoms with Crippen molar-refractivity contribution in [3.05, 3.63) is 125 Å². The van der Waals surface area contributed by atoms with E-state index in [9.17, 15) is 8.42 Å². The van der Waals surface area contributed by atoms with Crippen molar-refractivity contribution in [3.63, 3.8) is 0 Å². The molecule has 1 N–H and O–H groups in total. The third-order valence-electron chi connectivity index (χ3n) is 8.05. The zero-order chi connectivity index (χ0) is 26.3. The van der Waals surface area contributed by atoms with Gasteiger partial charge in [0.05, 0.1) is 12.0 Å². The first-order chi connectivity index (χ1) is 18.5. The monoisotopic (exact) mass is 524 g/mol. The predicted molar refractivity (Wildman–Crippen MR) is 151 cm³/mol. The van der Waals surface area contributed by atoms with Gasteiger partial charge in [0, 0.05) is 36.2 Å². The zero-order valence-corrected chi connectivity index (χ0v) is 22.4. The Morgan fingerprint density at radius 2 is 1.58 bits per heavy atom. The highest BCUT2D eigenvalue weighted by molar-refractivity contribution is 7.89. The molecule has 6 heteroatoms. The normalized spacial score (nSPS) is 22.8. The second kappa shape index (κ2) is 9.93. The van der Waals surface area contributed by atoms with Crippen LogP contribution in [0.15, 0.2) is 108 Å². The van der Waals surface area contributed by atoms with Crippen molar-refractivity contribution in [2.24, 2.45) is 5.92 Å². The molecule has 4 unspecified atom stereocenters. The number of nitrogens with one attached hydrogen (secondary N) is 1. The summed E-state index contributed by atoms with van der Waals surface area (Å²) in [5.41, 5.74) is 5.53. The zero-order valence-electron chi connectivity index (χ0n) is 21.6. The number of sulfonamides is 1. The third-order valence-corrected chi connectivity index (χ3v) is 9.96. The number of anilines is 1. The molecule has 2 aliphatic heterocycles. The van der Waals surface area contributed by atoms with Gasteiger partial charge in [-0.15, -0.1) is 0 Å². The fourth-order valence-corrected chi connectivity index (χ4v) is 7.88. The number of benzene rings is 4. The molecule has 0 amide bonds. The summed E-state index contributed by atoms with van der Waals surface area (Å²) in [5.74, 6) is 0.878. The first-order valence-corrected chi connectivity index (χ1v) is 14.5. The topological polar surface area (TPSA) is 58.6 Å². The quantitative estimate of drug-likeness (QED) is 0.343. The summed E-state index contributed by atoms with van der Waals surface area (Å²) >= 11 is 0. The second-order valence-corrected chi connectivity index (χ2v) is 12.2. The minimum Gasteiger partial charge on any atom is -0.497 e. The van der Waals surface area contributed by atoms with Gasteiger partial charge in [-0.2, -0.15) is 4.31 Å². The summed E-state index contributed by atoms with van der Waals surface area (Å²) in [4.78, 5) is 0.343. The second-order valence-electron chi connectivity index (χ2n) is 10.3. The minimum atomic E-state index is -3.72. The van der Waals surface area contributed by atoms with Gasteiger partial charge in [0.15, 0.2) is 0 Å². The molecule has 0 saturated carbocycles. The highest BCUT2D eigenvalue weighted by atomic mass is 32.2. The Kier molecular flexibility index (Phi) is 6.46. The molecule has 0 radical (unpaired) electrons. The van der Waals surface area contributed by atoms with Crippen LogP contribution in [0.1, 0.15) is 28.2 Å². The fourth-order valence-electron chi connectivity index (χ4n) is 6.20. The molecule has 6 rings (SSSR count). The number of rotatable bonds is 6. The molecule has 1 fully saturated rings. The van der Waals surface area contributed by atoms with Gasteiger partial charge in [-0.1, -0.05) is 78.4 Å². The lowest BCUT2D eigenvalue weighted by molar-refractivity contribution is 0.375. The molecule has 0 bridgehead atoms. The molecular weight excluding hydrogens is 492 g/mol. The van der Waals surface area contributed by atoms with Crippen molar-refractivity contribution in [2.45, 2.75) is 36.2 Å². The van der Waals surface area contributed by atoms with Gasteiger partial charge < -0.3 is 10.1 Å². The van der Waals surface area contributed by atoms with E-state index in [4.69, 9.17) is 4.74 Å². The van der Waals surface area contributed by atoms with Gasteiger partial charge in [0.25, 0.3) is 0 Å². The highest BCUT2D eigenvalue weighted by Crippen LogP contribution is 2.49. The van der Waals surface area contributed by atoms with E-state index in [1.54, 1.807) is 23.5 Å². The number of fused-ring (bicyclic) bond motifs is 2. The van der Waals surface area contributed by atoms with Gasteiger partial charge in [0.1, 0.15) is 5.75 Å². The van der Waals surface area contributed by atoms with Gasteiger partial charge in [-0.25, -0.2) is 8.42 Å². The van der Waals surface area contributed by atoms with E-state index in [1.807, 2.05) is 49.4 Å². The average molecular weight is 525 g/mol. The van der Waals surface area contributed by atoms with Gasteiger partial charge in [-0.05, 0) is 60.4 Å². The molecular formula is C32H32N2O3S. The van der Waals surface area contributed by atoms with Gasteiger partial charge in [0.2, 0.25) is 10.0 Å². The van der Waals surface area contributed by atoms with Crippen LogP contribution in [-0.2, 0) is 16.4 Å². The molecule has 1 saturated heterocycles. The van der Waals surface area contributed by atoms with E-state index in [0.29, 0.717) is 17.9 Å². The van der Waals surface area contributed by atoms with Crippen LogP contribution < -0.4 is 10.1 Å². The Hall–Kier alpha value is -3.61. The average Bonchev–Trinajstić information content (AvgIpc) is 3.31. The van der Waals surface area contributed by atoms with Crippen molar-refractivity contribution in [1.29, 1.82) is 0 Å². The van der Waals surface area contributed by atoms with Crippen LogP contribution in [0.2, 0.25) is 0 Å². The first-order valence-electron chi connectivity index (χ1n) is 13.1. The lowest BCUT2D eigenvalue weighted by Gasteiger charge is -2.39. The molecule has 38 heavy (non-hydrogen) atoms. The number of ether oxygens (including phenoxy) is 1. The number of hydrogen-bond donors (Lipinski definition) is 1. The van der Waals surface area contributed by atoms with E-state index in [0.717, 1.165) is 28.1 Å². The summed E-state index contributed by atoms with van der Waals surface area (Å²) in [6.45, 7) is 2.40. The van der Waals surface area contributed by atoms with Crippen molar-refractivity contribution in [1.82, 2.24) is 4.31 Å². The Morgan fingerprint density at radius 1 is 0.895 bits per heavy atom. The van der Waals surface area contributed by atoms with E-state index >= 15 is 0 Å². The van der Waals surface area contributed by atoms with Crippen LogP contribution in [0.3, 0.4) is 0 Å². The Balaban J connectivity index is 1.49. The van der Waals surface area contributed by atoms with Crippen molar-refractivity contribution in [2.75, 3.05) is 19.0 Å². The van der Waals surface area contributed by atoms with E-state index in [2.05, 4.69) is 53.8 Å². The number of hydrogen-bond acceptors (Lipinski definition) is 4. The lowest BCUT2D eigenvalue weighted by Crippen LogP contribution is -2.46. The summed E-state index contributed by atoms with van der Waals surface area (Å²) in [6.07, 6.45) is 0.632. The molecule has 0 aliphatic carbocycles. The van der Waals surface area contributed by atoms with E-state index in [-0.39, 0.29) is 23.9 Å². The summed E-state index contributed by atoms with van der Waals surface area (Å²) in [6, 6.07) is 33.7. The maximum Gasteiger partial charge on any atom is 0.243 e. The van der Waals surface area contributed by atoms with Crippen molar-refractivity contribution < 1.29 is 13.2 Å². The minimum absolute atomic E-state index is 0.0315. The predicted octanol–water partition coefficient (Wildman–Crippen LogP) is 5.86. The Bertz CT molecular complexity index is 1520. The molecule has 4 atom stereocenters.